The second-order valence-electron chi connectivity index (χ2n) is 10.1. The van der Waals surface area contributed by atoms with Crippen LogP contribution < -0.4 is 34.1 Å². The van der Waals surface area contributed by atoms with Crippen molar-refractivity contribution in [2.75, 3.05) is 13.2 Å². The van der Waals surface area contributed by atoms with Gasteiger partial charge in [0, 0.05) is 13.1 Å². The van der Waals surface area contributed by atoms with E-state index in [0.717, 1.165) is 27.4 Å². The van der Waals surface area contributed by atoms with Gasteiger partial charge in [0.2, 0.25) is 0 Å². The van der Waals surface area contributed by atoms with Crippen molar-refractivity contribution >= 4 is 7.82 Å². The van der Waals surface area contributed by atoms with Crippen molar-refractivity contribution < 1.29 is 18.1 Å². The van der Waals surface area contributed by atoms with Gasteiger partial charge < -0.3 is 0 Å². The molecular weight excluding hydrogens is 587 g/mol. The second kappa shape index (κ2) is 13.5. The lowest BCUT2D eigenvalue weighted by atomic mass is 9.89. The van der Waals surface area contributed by atoms with Crippen molar-refractivity contribution in [3.05, 3.63) is 114 Å². The molecule has 3 heterocycles. The SMILES string of the molecule is C=CCn1c(=O)n(CC=C)c(=O)n(CC2(Cn3c(=O)n(CC=C)c(=O)n(CC=C)c3=O)COP(=O)(OC(C)C)OC2)c1=O. The third-order valence-corrected chi connectivity index (χ3v) is 7.97. The Morgan fingerprint density at radius 1 is 0.651 bits per heavy atom. The number of nitrogens with zero attached hydrogens (tertiary/aromatic N) is 6. The maximum absolute atomic E-state index is 13.4. The second-order valence-corrected chi connectivity index (χ2v) is 11.7. The molecular formula is C26H35N6O10P. The average Bonchev–Trinajstić information content (AvgIpc) is 2.95. The molecule has 0 N–H and O–H groups in total. The summed E-state index contributed by atoms with van der Waals surface area (Å²) in [5.74, 6) is 0. The predicted molar refractivity (Wildman–Crippen MR) is 157 cm³/mol. The first-order chi connectivity index (χ1) is 20.3. The van der Waals surface area contributed by atoms with Gasteiger partial charge in [-0.3, -0.25) is 13.6 Å². The minimum atomic E-state index is -4.11. The van der Waals surface area contributed by atoms with E-state index in [2.05, 4.69) is 26.3 Å². The molecule has 2 aromatic rings. The third kappa shape index (κ3) is 6.77. The average molecular weight is 623 g/mol. The Balaban J connectivity index is 2.31. The molecule has 43 heavy (non-hydrogen) atoms. The van der Waals surface area contributed by atoms with Gasteiger partial charge in [-0.25, -0.2) is 60.7 Å². The van der Waals surface area contributed by atoms with Crippen LogP contribution in [0.2, 0.25) is 0 Å². The molecule has 1 saturated heterocycles. The van der Waals surface area contributed by atoms with Gasteiger partial charge >= 0.3 is 42.0 Å². The van der Waals surface area contributed by atoms with Gasteiger partial charge in [-0.05, 0) is 13.8 Å². The monoisotopic (exact) mass is 622 g/mol. The standard InChI is InChI=1S/C26H35N6O10P/c1-7-11-27-20(33)28(12-8-2)23(36)31(22(27)35)15-26(17-40-43(39,41-18-26)42-19(5)6)16-32-24(37)29(13-9-3)21(34)30(14-10-4)25(32)38/h7-10,19H,1-4,11-18H2,5-6H3. The molecule has 16 nitrogen and oxygen atoms in total. The lowest BCUT2D eigenvalue weighted by Crippen LogP contribution is -2.60. The molecule has 0 aliphatic carbocycles. The molecule has 0 radical (unpaired) electrons. The van der Waals surface area contributed by atoms with Crippen molar-refractivity contribution in [2.24, 2.45) is 5.41 Å². The van der Waals surface area contributed by atoms with Crippen LogP contribution in [0.1, 0.15) is 13.8 Å². The Morgan fingerprint density at radius 2 is 0.930 bits per heavy atom. The summed E-state index contributed by atoms with van der Waals surface area (Å²) in [6.07, 6.45) is 4.61. The molecule has 0 unspecified atom stereocenters. The van der Waals surface area contributed by atoms with Gasteiger partial charge in [0.25, 0.3) is 0 Å². The van der Waals surface area contributed by atoms with E-state index in [1.165, 1.54) is 24.3 Å². The first-order valence-electron chi connectivity index (χ1n) is 13.2. The Morgan fingerprint density at radius 3 is 1.19 bits per heavy atom. The fourth-order valence-corrected chi connectivity index (χ4v) is 6.09. The molecule has 0 saturated carbocycles. The lowest BCUT2D eigenvalue weighted by molar-refractivity contribution is -0.0435. The third-order valence-electron chi connectivity index (χ3n) is 6.40. The van der Waals surface area contributed by atoms with Crippen molar-refractivity contribution in [3.63, 3.8) is 0 Å². The first kappa shape index (κ1) is 33.4. The number of hydrogen-bond acceptors (Lipinski definition) is 10. The number of allylic oxidation sites excluding steroid dienone is 4. The van der Waals surface area contributed by atoms with Crippen molar-refractivity contribution in [2.45, 2.75) is 59.2 Å². The van der Waals surface area contributed by atoms with Crippen LogP contribution in [-0.2, 0) is 57.4 Å². The quantitative estimate of drug-likeness (QED) is 0.200. The zero-order valence-corrected chi connectivity index (χ0v) is 25.0. The summed E-state index contributed by atoms with van der Waals surface area (Å²) in [7, 11) is -4.11. The van der Waals surface area contributed by atoms with Gasteiger partial charge in [-0.1, -0.05) is 24.3 Å². The van der Waals surface area contributed by atoms with E-state index in [0.29, 0.717) is 0 Å². The van der Waals surface area contributed by atoms with Gasteiger partial charge in [0.15, 0.2) is 0 Å². The molecule has 0 spiro atoms. The first-order valence-corrected chi connectivity index (χ1v) is 14.6. The van der Waals surface area contributed by atoms with Crippen LogP contribution in [-0.4, -0.2) is 46.7 Å². The van der Waals surface area contributed by atoms with Crippen LogP contribution in [0.25, 0.3) is 0 Å². The van der Waals surface area contributed by atoms with Gasteiger partial charge in [0.05, 0.1) is 50.9 Å². The Bertz CT molecular complexity index is 1610. The molecule has 1 aliphatic rings. The molecule has 0 atom stereocenters. The van der Waals surface area contributed by atoms with Crippen LogP contribution in [0.15, 0.2) is 79.4 Å². The summed E-state index contributed by atoms with van der Waals surface area (Å²) in [6, 6.07) is 0. The molecule has 0 aromatic carbocycles. The largest absolute Gasteiger partial charge is 0.475 e. The summed E-state index contributed by atoms with van der Waals surface area (Å²) in [5.41, 5.74) is -7.41. The topological polar surface area (TPSA) is 177 Å². The lowest BCUT2D eigenvalue weighted by Gasteiger charge is -2.39. The molecule has 1 fully saturated rings. The minimum absolute atomic E-state index is 0.231. The van der Waals surface area contributed by atoms with Gasteiger partial charge in [-0.2, -0.15) is 0 Å². The van der Waals surface area contributed by atoms with E-state index in [4.69, 9.17) is 13.6 Å². The van der Waals surface area contributed by atoms with Crippen molar-refractivity contribution in [1.82, 2.24) is 27.4 Å². The highest BCUT2D eigenvalue weighted by molar-refractivity contribution is 7.48. The molecule has 3 rings (SSSR count). The number of rotatable bonds is 14. The van der Waals surface area contributed by atoms with E-state index in [-0.39, 0.29) is 26.2 Å². The molecule has 1 aliphatic heterocycles. The number of hydrogen-bond donors (Lipinski definition) is 0. The van der Waals surface area contributed by atoms with E-state index in [1.807, 2.05) is 0 Å². The summed E-state index contributed by atoms with van der Waals surface area (Å²) >= 11 is 0. The highest BCUT2D eigenvalue weighted by atomic mass is 31.2. The Labute approximate surface area is 244 Å². The van der Waals surface area contributed by atoms with Crippen LogP contribution >= 0.6 is 7.82 Å². The fourth-order valence-electron chi connectivity index (χ4n) is 4.51. The summed E-state index contributed by atoms with van der Waals surface area (Å²) in [6.45, 7) is 14.3. The van der Waals surface area contributed by atoms with E-state index >= 15 is 0 Å². The van der Waals surface area contributed by atoms with Gasteiger partial charge in [0.1, 0.15) is 0 Å². The van der Waals surface area contributed by atoms with Crippen LogP contribution in [0, 0.1) is 5.41 Å². The smallest absolute Gasteiger partial charge is 0.286 e. The van der Waals surface area contributed by atoms with Crippen LogP contribution in [0.3, 0.4) is 0 Å². The summed E-state index contributed by atoms with van der Waals surface area (Å²) in [4.78, 5) is 79.5. The molecule has 0 bridgehead atoms. The Hall–Kier alpha value is -4.11. The highest BCUT2D eigenvalue weighted by Crippen LogP contribution is 2.55. The predicted octanol–water partition coefficient (Wildman–Crippen LogP) is -0.333. The summed E-state index contributed by atoms with van der Waals surface area (Å²) in [5, 5.41) is 0. The number of aromatic nitrogens is 6. The zero-order chi connectivity index (χ0) is 32.1. The molecule has 234 valence electrons. The number of phosphoric ester groups is 1. The van der Waals surface area contributed by atoms with Crippen molar-refractivity contribution in [3.8, 4) is 0 Å². The van der Waals surface area contributed by atoms with Gasteiger partial charge in [-0.15, -0.1) is 26.3 Å². The summed E-state index contributed by atoms with van der Waals surface area (Å²) < 4.78 is 34.0. The Kier molecular flexibility index (Phi) is 10.5. The van der Waals surface area contributed by atoms with E-state index < -0.39 is 79.8 Å². The minimum Gasteiger partial charge on any atom is -0.286 e. The normalized spacial score (nSPS) is 15.7. The maximum atomic E-state index is 13.4. The van der Waals surface area contributed by atoms with Crippen LogP contribution in [0.5, 0.6) is 0 Å². The number of phosphoric acid groups is 1. The van der Waals surface area contributed by atoms with Crippen LogP contribution in [0.4, 0.5) is 0 Å². The molecule has 0 amide bonds. The maximum Gasteiger partial charge on any atom is 0.475 e. The van der Waals surface area contributed by atoms with Crippen molar-refractivity contribution in [1.29, 1.82) is 0 Å². The zero-order valence-electron chi connectivity index (χ0n) is 24.1. The molecule has 2 aromatic heterocycles. The highest BCUT2D eigenvalue weighted by Gasteiger charge is 2.46. The fraction of sp³-hybridized carbons (Fsp3) is 0.462. The van der Waals surface area contributed by atoms with E-state index in [1.54, 1.807) is 13.8 Å². The molecule has 17 heteroatoms. The van der Waals surface area contributed by atoms with E-state index in [9.17, 15) is 33.3 Å².